The molecule has 0 N–H and O–H groups in total. The van der Waals surface area contributed by atoms with Crippen LogP contribution in [-0.2, 0) is 37.4 Å². The van der Waals surface area contributed by atoms with Crippen LogP contribution in [0, 0.1) is 11.6 Å². The molecule has 3 aromatic rings. The first kappa shape index (κ1) is 20.6. The first-order chi connectivity index (χ1) is 14.4. The van der Waals surface area contributed by atoms with Crippen molar-refractivity contribution >= 4 is 11.2 Å². The topological polar surface area (TPSA) is 65.7 Å². The summed E-state index contributed by atoms with van der Waals surface area (Å²) in [7, 11) is 0. The van der Waals surface area contributed by atoms with Gasteiger partial charge in [-0.2, -0.15) is 0 Å². The summed E-state index contributed by atoms with van der Waals surface area (Å²) >= 11 is -1.05. The third kappa shape index (κ3) is 4.56. The maximum atomic E-state index is 13.4. The van der Waals surface area contributed by atoms with Gasteiger partial charge in [0.25, 0.3) is 0 Å². The van der Waals surface area contributed by atoms with Crippen molar-refractivity contribution in [2.24, 2.45) is 0 Å². The van der Waals surface area contributed by atoms with Crippen LogP contribution in [0.25, 0.3) is 0 Å². The largest absolute Gasteiger partial charge is 0.612 e. The van der Waals surface area contributed by atoms with Gasteiger partial charge in [0.05, 0.1) is 6.54 Å². The maximum Gasteiger partial charge on any atom is 0.227 e. The maximum absolute atomic E-state index is 13.4. The molecule has 156 valence electrons. The second-order valence-electron chi connectivity index (χ2n) is 7.14. The summed E-state index contributed by atoms with van der Waals surface area (Å²) in [5.74, 6) is -1.19. The molecular weight excluding hydrogens is 412 g/mol. The van der Waals surface area contributed by atoms with Crippen LogP contribution in [0.2, 0.25) is 0 Å². The van der Waals surface area contributed by atoms with Crippen LogP contribution in [-0.4, -0.2) is 15.7 Å². The van der Waals surface area contributed by atoms with Crippen LogP contribution in [0.1, 0.15) is 22.5 Å². The molecule has 0 aliphatic carbocycles. The lowest BCUT2D eigenvalue weighted by Gasteiger charge is -2.14. The molecule has 8 heteroatoms. The van der Waals surface area contributed by atoms with E-state index < -0.39 is 22.8 Å². The van der Waals surface area contributed by atoms with Gasteiger partial charge < -0.3 is 13.7 Å². The molecule has 0 saturated heterocycles. The predicted molar refractivity (Wildman–Crippen MR) is 107 cm³/mol. The van der Waals surface area contributed by atoms with Gasteiger partial charge in [0.2, 0.25) is 11.2 Å². The Labute approximate surface area is 175 Å². The molecule has 1 aromatic heterocycles. The van der Waals surface area contributed by atoms with Crippen molar-refractivity contribution in [1.29, 1.82) is 0 Å². The number of nitrogens with zero attached hydrogens (tertiary/aromatic N) is 1. The summed E-state index contributed by atoms with van der Waals surface area (Å²) < 4.78 is 49.3. The van der Waals surface area contributed by atoms with Crippen LogP contribution < -0.4 is 10.2 Å². The first-order valence-electron chi connectivity index (χ1n) is 9.25. The predicted octanol–water partition coefficient (Wildman–Crippen LogP) is 3.75. The molecule has 0 amide bonds. The molecule has 0 saturated carbocycles. The fourth-order valence-corrected chi connectivity index (χ4v) is 3.88. The second-order valence-corrected chi connectivity index (χ2v) is 8.52. The van der Waals surface area contributed by atoms with Gasteiger partial charge in [-0.3, -0.25) is 9.69 Å². The van der Waals surface area contributed by atoms with Gasteiger partial charge in [-0.1, -0.05) is 12.1 Å². The highest BCUT2D eigenvalue weighted by Gasteiger charge is 2.22. The molecule has 2 heterocycles. The molecule has 1 atom stereocenters. The molecule has 4 rings (SSSR count). The standard InChI is InChI=1S/C22H19F2NO4S/c1-30(27)18-4-2-14(3-5-18)12-29-22-13-28-17(8-21(22)26)11-25-9-15-6-19(23)20(24)7-16(15)10-25/h2-8,13H,9-12H2,1H3. The number of ether oxygens (including phenoxy) is 1. The van der Waals surface area contributed by atoms with Crippen LogP contribution in [0.3, 0.4) is 0 Å². The summed E-state index contributed by atoms with van der Waals surface area (Å²) in [5, 5.41) is 0. The fourth-order valence-electron chi connectivity index (χ4n) is 3.36. The lowest BCUT2D eigenvalue weighted by molar-refractivity contribution is 0.241. The van der Waals surface area contributed by atoms with Gasteiger partial charge in [-0.15, -0.1) is 0 Å². The molecule has 1 aliphatic rings. The Balaban J connectivity index is 1.37. The summed E-state index contributed by atoms with van der Waals surface area (Å²) in [6, 6.07) is 10.9. The number of halogens is 2. The Bertz CT molecular complexity index is 1080. The van der Waals surface area contributed by atoms with Crippen molar-refractivity contribution in [1.82, 2.24) is 4.90 Å². The molecule has 1 aliphatic heterocycles. The van der Waals surface area contributed by atoms with Crippen molar-refractivity contribution in [2.45, 2.75) is 31.1 Å². The zero-order chi connectivity index (χ0) is 21.3. The molecule has 2 aromatic carbocycles. The van der Waals surface area contributed by atoms with Crippen molar-refractivity contribution in [3.05, 3.63) is 93.0 Å². The molecule has 30 heavy (non-hydrogen) atoms. The van der Waals surface area contributed by atoms with Gasteiger partial charge in [0.15, 0.2) is 16.5 Å². The van der Waals surface area contributed by atoms with Crippen molar-refractivity contribution in [3.63, 3.8) is 0 Å². The highest BCUT2D eigenvalue weighted by molar-refractivity contribution is 7.90. The van der Waals surface area contributed by atoms with Crippen LogP contribution in [0.4, 0.5) is 8.78 Å². The zero-order valence-corrected chi connectivity index (χ0v) is 17.0. The third-order valence-corrected chi connectivity index (χ3v) is 5.85. The van der Waals surface area contributed by atoms with E-state index in [0.717, 1.165) is 21.6 Å². The minimum absolute atomic E-state index is 0.0933. The smallest absolute Gasteiger partial charge is 0.227 e. The fraction of sp³-hybridized carbons (Fsp3) is 0.227. The Morgan fingerprint density at radius 3 is 2.30 bits per heavy atom. The molecule has 0 bridgehead atoms. The number of fused-ring (bicyclic) bond motifs is 1. The summed E-state index contributed by atoms with van der Waals surface area (Å²) in [4.78, 5) is 15.0. The van der Waals surface area contributed by atoms with E-state index in [0.29, 0.717) is 25.4 Å². The normalized spacial score (nSPS) is 14.5. The highest BCUT2D eigenvalue weighted by atomic mass is 32.2. The third-order valence-electron chi connectivity index (χ3n) is 4.91. The molecule has 0 spiro atoms. The van der Waals surface area contributed by atoms with Gasteiger partial charge in [-0.25, -0.2) is 8.78 Å². The average molecular weight is 431 g/mol. The van der Waals surface area contributed by atoms with E-state index >= 15 is 0 Å². The molecular formula is C22H19F2NO4S. The molecule has 1 unspecified atom stereocenters. The van der Waals surface area contributed by atoms with Crippen molar-refractivity contribution < 1.29 is 22.5 Å². The van der Waals surface area contributed by atoms with Gasteiger partial charge in [0.1, 0.15) is 24.9 Å². The minimum Gasteiger partial charge on any atom is -0.612 e. The van der Waals surface area contributed by atoms with E-state index in [9.17, 15) is 18.1 Å². The van der Waals surface area contributed by atoms with Crippen molar-refractivity contribution in [2.75, 3.05) is 6.26 Å². The second kappa shape index (κ2) is 8.59. The summed E-state index contributed by atoms with van der Waals surface area (Å²) in [5.41, 5.74) is 1.99. The molecule has 5 nitrogen and oxygen atoms in total. The van der Waals surface area contributed by atoms with Gasteiger partial charge in [0, 0.05) is 19.2 Å². The van der Waals surface area contributed by atoms with E-state index in [1.807, 2.05) is 4.90 Å². The lowest BCUT2D eigenvalue weighted by atomic mass is 10.1. The number of hydrogen-bond acceptors (Lipinski definition) is 5. The zero-order valence-electron chi connectivity index (χ0n) is 16.2. The number of hydrogen-bond donors (Lipinski definition) is 0. The minimum atomic E-state index is -1.05. The Morgan fingerprint density at radius 1 is 1.10 bits per heavy atom. The van der Waals surface area contributed by atoms with Gasteiger partial charge in [-0.05, 0) is 52.1 Å². The lowest BCUT2D eigenvalue weighted by Crippen LogP contribution is -2.17. The quantitative estimate of drug-likeness (QED) is 0.556. The van der Waals surface area contributed by atoms with E-state index in [2.05, 4.69) is 0 Å². The van der Waals surface area contributed by atoms with E-state index in [4.69, 9.17) is 9.15 Å². The van der Waals surface area contributed by atoms with Crippen LogP contribution in [0.15, 0.2) is 62.8 Å². The Hall–Kier alpha value is -2.68. The number of rotatable bonds is 6. The number of benzene rings is 2. The van der Waals surface area contributed by atoms with Crippen LogP contribution in [0.5, 0.6) is 5.75 Å². The Morgan fingerprint density at radius 2 is 1.73 bits per heavy atom. The van der Waals surface area contributed by atoms with Crippen molar-refractivity contribution in [3.8, 4) is 5.75 Å². The van der Waals surface area contributed by atoms with E-state index in [1.165, 1.54) is 24.5 Å². The van der Waals surface area contributed by atoms with E-state index in [1.54, 1.807) is 30.5 Å². The molecule has 0 radical (unpaired) electrons. The highest BCUT2D eigenvalue weighted by Crippen LogP contribution is 2.26. The van der Waals surface area contributed by atoms with Crippen LogP contribution >= 0.6 is 0 Å². The molecule has 0 fully saturated rings. The van der Waals surface area contributed by atoms with Gasteiger partial charge >= 0.3 is 0 Å². The van der Waals surface area contributed by atoms with E-state index in [-0.39, 0.29) is 17.8 Å². The monoisotopic (exact) mass is 431 g/mol. The SMILES string of the molecule is C[S+]([O-])c1ccc(COc2coc(CN3Cc4cc(F)c(F)cc4C3)cc2=O)cc1. The summed E-state index contributed by atoms with van der Waals surface area (Å²) in [6.07, 6.45) is 2.88. The Kier molecular flexibility index (Phi) is 5.90. The first-order valence-corrected chi connectivity index (χ1v) is 10.8. The summed E-state index contributed by atoms with van der Waals surface area (Å²) in [6.45, 7) is 1.42. The average Bonchev–Trinajstić information content (AvgIpc) is 3.09.